The summed E-state index contributed by atoms with van der Waals surface area (Å²) in [7, 11) is 0. The fourth-order valence-electron chi connectivity index (χ4n) is 3.19. The van der Waals surface area contributed by atoms with Crippen molar-refractivity contribution in [2.24, 2.45) is 0 Å². The van der Waals surface area contributed by atoms with Gasteiger partial charge in [0.15, 0.2) is 4.77 Å². The van der Waals surface area contributed by atoms with E-state index in [0.717, 1.165) is 11.1 Å². The van der Waals surface area contributed by atoms with Gasteiger partial charge in [0.1, 0.15) is 0 Å². The van der Waals surface area contributed by atoms with E-state index in [2.05, 4.69) is 10.3 Å². The maximum atomic E-state index is 12.9. The number of carbonyl (C=O) groups is 1. The second-order valence-electron chi connectivity index (χ2n) is 6.88. The van der Waals surface area contributed by atoms with Gasteiger partial charge in [-0.1, -0.05) is 54.1 Å². The van der Waals surface area contributed by atoms with Gasteiger partial charge in [0.25, 0.3) is 11.5 Å². The Morgan fingerprint density at radius 1 is 1.00 bits per heavy atom. The Morgan fingerprint density at radius 3 is 2.47 bits per heavy atom. The van der Waals surface area contributed by atoms with E-state index in [-0.39, 0.29) is 11.5 Å². The summed E-state index contributed by atoms with van der Waals surface area (Å²) < 4.78 is 1.84. The summed E-state index contributed by atoms with van der Waals surface area (Å²) in [6.07, 6.45) is 0. The molecule has 0 fully saturated rings. The number of carbonyl (C=O) groups excluding carboxylic acids is 1. The second kappa shape index (κ2) is 8.65. The van der Waals surface area contributed by atoms with Crippen LogP contribution < -0.4 is 10.9 Å². The lowest BCUT2D eigenvalue weighted by atomic mass is 10.1. The van der Waals surface area contributed by atoms with E-state index in [1.54, 1.807) is 30.3 Å². The molecule has 150 valence electrons. The normalized spacial score (nSPS) is 10.8. The molecule has 2 N–H and O–H groups in total. The Hall–Kier alpha value is -3.22. The zero-order valence-electron chi connectivity index (χ0n) is 15.9. The monoisotopic (exact) mass is 435 g/mol. The van der Waals surface area contributed by atoms with Gasteiger partial charge in [-0.3, -0.25) is 14.2 Å². The third-order valence-corrected chi connectivity index (χ3v) is 5.37. The van der Waals surface area contributed by atoms with Crippen molar-refractivity contribution in [1.29, 1.82) is 0 Å². The zero-order chi connectivity index (χ0) is 21.1. The molecule has 0 saturated carbocycles. The van der Waals surface area contributed by atoms with Crippen molar-refractivity contribution in [3.05, 3.63) is 110 Å². The third kappa shape index (κ3) is 4.35. The van der Waals surface area contributed by atoms with Gasteiger partial charge in [-0.2, -0.15) is 0 Å². The number of hydrogen-bond acceptors (Lipinski definition) is 3. The molecule has 0 radical (unpaired) electrons. The number of amides is 1. The number of rotatable bonds is 5. The van der Waals surface area contributed by atoms with Crippen LogP contribution in [-0.4, -0.2) is 15.5 Å². The van der Waals surface area contributed by atoms with Crippen molar-refractivity contribution in [2.75, 3.05) is 0 Å². The van der Waals surface area contributed by atoms with E-state index in [9.17, 15) is 9.59 Å². The summed E-state index contributed by atoms with van der Waals surface area (Å²) in [5, 5.41) is 3.99. The van der Waals surface area contributed by atoms with Gasteiger partial charge in [-0.05, 0) is 53.7 Å². The number of halogens is 1. The van der Waals surface area contributed by atoms with Gasteiger partial charge in [-0.15, -0.1) is 0 Å². The first-order valence-electron chi connectivity index (χ1n) is 9.35. The van der Waals surface area contributed by atoms with Crippen LogP contribution in [0.1, 0.15) is 21.5 Å². The van der Waals surface area contributed by atoms with Crippen LogP contribution in [-0.2, 0) is 13.1 Å². The minimum Gasteiger partial charge on any atom is -0.348 e. The highest BCUT2D eigenvalue weighted by atomic mass is 35.5. The lowest BCUT2D eigenvalue weighted by Crippen LogP contribution is -2.24. The quantitative estimate of drug-likeness (QED) is 0.447. The van der Waals surface area contributed by atoms with Gasteiger partial charge in [0, 0.05) is 17.1 Å². The Kier molecular flexibility index (Phi) is 5.79. The van der Waals surface area contributed by atoms with Crippen LogP contribution in [0.5, 0.6) is 0 Å². The molecule has 0 aliphatic carbocycles. The first-order valence-corrected chi connectivity index (χ1v) is 10.1. The van der Waals surface area contributed by atoms with Crippen molar-refractivity contribution in [1.82, 2.24) is 14.9 Å². The predicted molar refractivity (Wildman–Crippen MR) is 122 cm³/mol. The highest BCUT2D eigenvalue weighted by Crippen LogP contribution is 2.13. The first kappa shape index (κ1) is 20.1. The van der Waals surface area contributed by atoms with Crippen molar-refractivity contribution >= 4 is 40.6 Å². The van der Waals surface area contributed by atoms with Crippen LogP contribution in [0.25, 0.3) is 10.9 Å². The third-order valence-electron chi connectivity index (χ3n) is 4.79. The van der Waals surface area contributed by atoms with Crippen LogP contribution in [0.4, 0.5) is 0 Å². The number of nitrogens with zero attached hydrogens (tertiary/aromatic N) is 1. The summed E-state index contributed by atoms with van der Waals surface area (Å²) in [5.41, 5.74) is 2.72. The van der Waals surface area contributed by atoms with Crippen LogP contribution >= 0.6 is 23.8 Å². The molecule has 0 aliphatic heterocycles. The minimum absolute atomic E-state index is 0.189. The largest absolute Gasteiger partial charge is 0.348 e. The molecular weight excluding hydrogens is 418 g/mol. The molecule has 1 amide bonds. The molecule has 4 rings (SSSR count). The standard InChI is InChI=1S/C23H18ClN3O2S/c24-18-9-6-15(7-10-18)13-25-21(28)17-8-11-19-20(12-17)26-23(30)27(22(19)29)14-16-4-2-1-3-5-16/h1-12H,13-14H2,(H,25,28)(H,26,30). The average molecular weight is 436 g/mol. The van der Waals surface area contributed by atoms with E-state index < -0.39 is 0 Å². The first-order chi connectivity index (χ1) is 14.5. The summed E-state index contributed by atoms with van der Waals surface area (Å²) in [6.45, 7) is 0.761. The van der Waals surface area contributed by atoms with Crippen molar-refractivity contribution in [2.45, 2.75) is 13.1 Å². The lowest BCUT2D eigenvalue weighted by Gasteiger charge is -2.10. The van der Waals surface area contributed by atoms with Gasteiger partial charge in [0.2, 0.25) is 0 Å². The van der Waals surface area contributed by atoms with Crippen molar-refractivity contribution < 1.29 is 4.79 Å². The summed E-state index contributed by atoms with van der Waals surface area (Å²) in [4.78, 5) is 28.6. The van der Waals surface area contributed by atoms with E-state index in [1.807, 2.05) is 42.5 Å². The van der Waals surface area contributed by atoms with E-state index in [1.165, 1.54) is 4.57 Å². The molecule has 0 spiro atoms. The number of aromatic nitrogens is 2. The Bertz CT molecular complexity index is 1330. The number of nitrogens with one attached hydrogen (secondary N) is 2. The fraction of sp³-hybridized carbons (Fsp3) is 0.0870. The molecule has 3 aromatic carbocycles. The molecule has 0 atom stereocenters. The Morgan fingerprint density at radius 2 is 1.73 bits per heavy atom. The Labute approximate surface area is 183 Å². The number of hydrogen-bond donors (Lipinski definition) is 2. The van der Waals surface area contributed by atoms with Crippen LogP contribution in [0, 0.1) is 4.77 Å². The van der Waals surface area contributed by atoms with Crippen LogP contribution in [0.2, 0.25) is 5.02 Å². The molecule has 0 aliphatic rings. The zero-order valence-corrected chi connectivity index (χ0v) is 17.5. The van der Waals surface area contributed by atoms with Crippen molar-refractivity contribution in [3.8, 4) is 0 Å². The molecule has 0 bridgehead atoms. The predicted octanol–water partition coefficient (Wildman–Crippen LogP) is 4.69. The molecule has 30 heavy (non-hydrogen) atoms. The molecule has 5 nitrogen and oxygen atoms in total. The number of benzene rings is 3. The SMILES string of the molecule is O=C(NCc1ccc(Cl)cc1)c1ccc2c(=O)n(Cc3ccccc3)c(=S)[nH]c2c1. The molecule has 0 saturated heterocycles. The molecule has 1 heterocycles. The maximum absolute atomic E-state index is 12.9. The summed E-state index contributed by atoms with van der Waals surface area (Å²) in [5.74, 6) is -0.236. The van der Waals surface area contributed by atoms with Gasteiger partial charge in [0.05, 0.1) is 17.4 Å². The number of H-pyrrole nitrogens is 1. The number of fused-ring (bicyclic) bond motifs is 1. The number of aromatic amines is 1. The molecule has 1 aromatic heterocycles. The topological polar surface area (TPSA) is 66.9 Å². The smallest absolute Gasteiger partial charge is 0.262 e. The van der Waals surface area contributed by atoms with Crippen LogP contribution in [0.3, 0.4) is 0 Å². The van der Waals surface area contributed by atoms with Gasteiger partial charge < -0.3 is 10.3 Å². The molecular formula is C23H18ClN3O2S. The molecule has 4 aromatic rings. The summed E-state index contributed by atoms with van der Waals surface area (Å²) >= 11 is 11.3. The van der Waals surface area contributed by atoms with E-state index in [0.29, 0.717) is 39.3 Å². The van der Waals surface area contributed by atoms with Crippen LogP contribution in [0.15, 0.2) is 77.6 Å². The van der Waals surface area contributed by atoms with Gasteiger partial charge >= 0.3 is 0 Å². The molecule has 0 unspecified atom stereocenters. The highest BCUT2D eigenvalue weighted by Gasteiger charge is 2.11. The molecule has 7 heteroatoms. The van der Waals surface area contributed by atoms with E-state index in [4.69, 9.17) is 23.8 Å². The highest BCUT2D eigenvalue weighted by molar-refractivity contribution is 7.71. The summed E-state index contributed by atoms with van der Waals surface area (Å²) in [6, 6.07) is 21.9. The van der Waals surface area contributed by atoms with Gasteiger partial charge in [-0.25, -0.2) is 0 Å². The maximum Gasteiger partial charge on any atom is 0.262 e. The Balaban J connectivity index is 1.59. The lowest BCUT2D eigenvalue weighted by molar-refractivity contribution is 0.0951. The van der Waals surface area contributed by atoms with E-state index >= 15 is 0 Å². The fourth-order valence-corrected chi connectivity index (χ4v) is 3.58. The second-order valence-corrected chi connectivity index (χ2v) is 7.70. The van der Waals surface area contributed by atoms with Crippen molar-refractivity contribution in [3.63, 3.8) is 0 Å². The average Bonchev–Trinajstić information content (AvgIpc) is 2.76. The minimum atomic E-state index is -0.236.